The molecule has 0 unspecified atom stereocenters. The van der Waals surface area contributed by atoms with Crippen LogP contribution in [0.4, 0.5) is 5.82 Å². The predicted molar refractivity (Wildman–Crippen MR) is 71.9 cm³/mol. The first-order chi connectivity index (χ1) is 8.93. The van der Waals surface area contributed by atoms with Crippen molar-refractivity contribution in [2.45, 2.75) is 42.6 Å². The Kier molecular flexibility index (Phi) is 4.07. The van der Waals surface area contributed by atoms with Gasteiger partial charge in [-0.2, -0.15) is 0 Å². The van der Waals surface area contributed by atoms with E-state index in [-0.39, 0.29) is 17.3 Å². The van der Waals surface area contributed by atoms with Crippen LogP contribution in [0.25, 0.3) is 0 Å². The van der Waals surface area contributed by atoms with E-state index in [1.165, 1.54) is 18.3 Å². The number of nitrogens with zero attached hydrogens (tertiary/aromatic N) is 1. The van der Waals surface area contributed by atoms with Crippen LogP contribution in [0.15, 0.2) is 23.2 Å². The lowest BCUT2D eigenvalue weighted by atomic mass is 9.85. The van der Waals surface area contributed by atoms with Crippen LogP contribution in [0, 0.1) is 0 Å². The second-order valence-electron chi connectivity index (χ2n) is 5.00. The fourth-order valence-corrected chi connectivity index (χ4v) is 3.52. The fourth-order valence-electron chi connectivity index (χ4n) is 2.32. The van der Waals surface area contributed by atoms with E-state index in [4.69, 9.17) is 5.73 Å². The lowest BCUT2D eigenvalue weighted by molar-refractivity contribution is 0.00945. The fraction of sp³-hybridized carbons (Fsp3) is 0.583. The Bertz CT molecular complexity index is 539. The van der Waals surface area contributed by atoms with Crippen LogP contribution >= 0.6 is 0 Å². The Morgan fingerprint density at radius 3 is 2.68 bits per heavy atom. The van der Waals surface area contributed by atoms with Crippen molar-refractivity contribution in [3.05, 3.63) is 18.3 Å². The highest BCUT2D eigenvalue weighted by atomic mass is 32.2. The summed E-state index contributed by atoms with van der Waals surface area (Å²) < 4.78 is 26.6. The Hall–Kier alpha value is -1.18. The van der Waals surface area contributed by atoms with E-state index in [0.29, 0.717) is 12.8 Å². The Balaban J connectivity index is 2.08. The van der Waals surface area contributed by atoms with Gasteiger partial charge in [-0.15, -0.1) is 0 Å². The van der Waals surface area contributed by atoms with Crippen molar-refractivity contribution in [1.82, 2.24) is 9.71 Å². The summed E-state index contributed by atoms with van der Waals surface area (Å²) in [7, 11) is -3.73. The van der Waals surface area contributed by atoms with Crippen molar-refractivity contribution >= 4 is 15.8 Å². The smallest absolute Gasteiger partial charge is 0.244 e. The number of anilines is 1. The second-order valence-corrected chi connectivity index (χ2v) is 6.73. The first kappa shape index (κ1) is 14.2. The normalized spacial score (nSPS) is 19.2. The van der Waals surface area contributed by atoms with Crippen molar-refractivity contribution in [3.63, 3.8) is 0 Å². The summed E-state index contributed by atoms with van der Waals surface area (Å²) in [5.41, 5.74) is 4.61. The van der Waals surface area contributed by atoms with Crippen LogP contribution in [0.2, 0.25) is 0 Å². The molecule has 1 aliphatic rings. The van der Waals surface area contributed by atoms with Gasteiger partial charge in [0.2, 0.25) is 10.0 Å². The molecule has 0 atom stereocenters. The number of nitrogens with one attached hydrogen (secondary N) is 1. The number of nitrogen functional groups attached to an aromatic ring is 1. The van der Waals surface area contributed by atoms with E-state index in [9.17, 15) is 13.5 Å². The SMILES string of the molecule is Nc1ncccc1S(=O)(=O)NCC1(O)CCCCC1. The molecule has 6 nitrogen and oxygen atoms in total. The molecule has 1 aliphatic carbocycles. The molecule has 0 amide bonds. The molecule has 0 aliphatic heterocycles. The van der Waals surface area contributed by atoms with Crippen molar-refractivity contribution in [2.24, 2.45) is 0 Å². The highest BCUT2D eigenvalue weighted by Gasteiger charge is 2.31. The molecule has 1 saturated carbocycles. The van der Waals surface area contributed by atoms with Gasteiger partial charge in [-0.1, -0.05) is 19.3 Å². The number of aromatic nitrogens is 1. The van der Waals surface area contributed by atoms with Gasteiger partial charge in [0.05, 0.1) is 5.60 Å². The molecule has 1 fully saturated rings. The molecule has 0 saturated heterocycles. The number of hydrogen-bond donors (Lipinski definition) is 3. The Labute approximate surface area is 113 Å². The third-order valence-corrected chi connectivity index (χ3v) is 4.91. The monoisotopic (exact) mass is 285 g/mol. The molecular formula is C12H19N3O3S. The van der Waals surface area contributed by atoms with E-state index in [2.05, 4.69) is 9.71 Å². The standard InChI is InChI=1S/C12H19N3O3S/c13-11-10(5-4-8-14-11)19(17,18)15-9-12(16)6-2-1-3-7-12/h4-5,8,15-16H,1-3,6-7,9H2,(H2,13,14). The molecule has 2 rings (SSSR count). The number of rotatable bonds is 4. The summed E-state index contributed by atoms with van der Waals surface area (Å²) in [5, 5.41) is 10.3. The van der Waals surface area contributed by atoms with E-state index >= 15 is 0 Å². The van der Waals surface area contributed by atoms with Gasteiger partial charge in [-0.05, 0) is 25.0 Å². The van der Waals surface area contributed by atoms with Gasteiger partial charge in [0.25, 0.3) is 0 Å². The van der Waals surface area contributed by atoms with E-state index < -0.39 is 15.6 Å². The lowest BCUT2D eigenvalue weighted by Crippen LogP contribution is -2.44. The minimum Gasteiger partial charge on any atom is -0.389 e. The van der Waals surface area contributed by atoms with Crippen LogP contribution in [0.3, 0.4) is 0 Å². The number of nitrogens with two attached hydrogens (primary N) is 1. The summed E-state index contributed by atoms with van der Waals surface area (Å²) in [6.07, 6.45) is 5.62. The van der Waals surface area contributed by atoms with Crippen LogP contribution in [-0.4, -0.2) is 30.7 Å². The first-order valence-electron chi connectivity index (χ1n) is 6.36. The third kappa shape index (κ3) is 3.43. The molecule has 1 heterocycles. The van der Waals surface area contributed by atoms with Gasteiger partial charge in [0, 0.05) is 12.7 Å². The molecule has 7 heteroatoms. The van der Waals surface area contributed by atoms with Crippen LogP contribution < -0.4 is 10.5 Å². The number of sulfonamides is 1. The number of aliphatic hydroxyl groups is 1. The molecule has 1 aromatic heterocycles. The summed E-state index contributed by atoms with van der Waals surface area (Å²) >= 11 is 0. The molecule has 19 heavy (non-hydrogen) atoms. The molecular weight excluding hydrogens is 266 g/mol. The molecule has 0 aromatic carbocycles. The van der Waals surface area contributed by atoms with E-state index in [0.717, 1.165) is 19.3 Å². The summed E-state index contributed by atoms with van der Waals surface area (Å²) in [6.45, 7) is 0.0175. The van der Waals surface area contributed by atoms with Crippen molar-refractivity contribution in [2.75, 3.05) is 12.3 Å². The average molecular weight is 285 g/mol. The topological polar surface area (TPSA) is 105 Å². The van der Waals surface area contributed by atoms with Crippen LogP contribution in [0.5, 0.6) is 0 Å². The van der Waals surface area contributed by atoms with Gasteiger partial charge in [-0.3, -0.25) is 0 Å². The zero-order valence-electron chi connectivity index (χ0n) is 10.7. The van der Waals surface area contributed by atoms with Gasteiger partial charge < -0.3 is 10.8 Å². The van der Waals surface area contributed by atoms with Crippen molar-refractivity contribution in [1.29, 1.82) is 0 Å². The minimum atomic E-state index is -3.73. The first-order valence-corrected chi connectivity index (χ1v) is 7.84. The molecule has 0 radical (unpaired) electrons. The second kappa shape index (κ2) is 5.44. The zero-order chi connectivity index (χ0) is 13.9. The maximum atomic E-state index is 12.1. The van der Waals surface area contributed by atoms with Gasteiger partial charge in [0.15, 0.2) is 0 Å². The molecule has 0 bridgehead atoms. The Morgan fingerprint density at radius 2 is 2.05 bits per heavy atom. The zero-order valence-corrected chi connectivity index (χ0v) is 11.5. The van der Waals surface area contributed by atoms with E-state index in [1.54, 1.807) is 0 Å². The summed E-state index contributed by atoms with van der Waals surface area (Å²) in [6, 6.07) is 2.91. The third-order valence-electron chi connectivity index (χ3n) is 3.46. The Morgan fingerprint density at radius 1 is 1.37 bits per heavy atom. The van der Waals surface area contributed by atoms with Gasteiger partial charge >= 0.3 is 0 Å². The van der Waals surface area contributed by atoms with E-state index in [1.807, 2.05) is 0 Å². The summed E-state index contributed by atoms with van der Waals surface area (Å²) in [5.74, 6) is -0.0365. The van der Waals surface area contributed by atoms with Crippen molar-refractivity contribution < 1.29 is 13.5 Å². The molecule has 1 aromatic rings. The van der Waals surface area contributed by atoms with Gasteiger partial charge in [-0.25, -0.2) is 18.1 Å². The summed E-state index contributed by atoms with van der Waals surface area (Å²) in [4.78, 5) is 3.71. The largest absolute Gasteiger partial charge is 0.389 e. The number of pyridine rings is 1. The maximum absolute atomic E-state index is 12.1. The number of hydrogen-bond acceptors (Lipinski definition) is 5. The lowest BCUT2D eigenvalue weighted by Gasteiger charge is -2.32. The highest BCUT2D eigenvalue weighted by Crippen LogP contribution is 2.27. The van der Waals surface area contributed by atoms with Crippen molar-refractivity contribution in [3.8, 4) is 0 Å². The van der Waals surface area contributed by atoms with Gasteiger partial charge in [0.1, 0.15) is 10.7 Å². The maximum Gasteiger partial charge on any atom is 0.244 e. The highest BCUT2D eigenvalue weighted by molar-refractivity contribution is 7.89. The molecule has 106 valence electrons. The molecule has 4 N–H and O–H groups in total. The quantitative estimate of drug-likeness (QED) is 0.752. The predicted octanol–water partition coefficient (Wildman–Crippen LogP) is 0.637. The molecule has 0 spiro atoms. The average Bonchev–Trinajstić information content (AvgIpc) is 2.38. The van der Waals surface area contributed by atoms with Crippen LogP contribution in [0.1, 0.15) is 32.1 Å². The minimum absolute atomic E-state index is 0.0175. The van der Waals surface area contributed by atoms with Crippen LogP contribution in [-0.2, 0) is 10.0 Å².